The third kappa shape index (κ3) is 6.06. The van der Waals surface area contributed by atoms with Crippen molar-refractivity contribution in [2.24, 2.45) is 0 Å². The maximum Gasteiger partial charge on any atom is 0.410 e. The van der Waals surface area contributed by atoms with Gasteiger partial charge in [0.05, 0.1) is 23.4 Å². The van der Waals surface area contributed by atoms with Gasteiger partial charge >= 0.3 is 6.09 Å². The molecule has 31 heavy (non-hydrogen) atoms. The van der Waals surface area contributed by atoms with E-state index in [2.05, 4.69) is 9.97 Å². The summed E-state index contributed by atoms with van der Waals surface area (Å²) in [5, 5.41) is 0. The first kappa shape index (κ1) is 22.8. The number of carbonyl (C=O) groups is 1. The molecule has 1 aromatic carbocycles. The first-order valence-corrected chi connectivity index (χ1v) is 12.0. The molecule has 1 amide bonds. The van der Waals surface area contributed by atoms with Gasteiger partial charge in [0.2, 0.25) is 5.95 Å². The number of nitrogens with zero attached hydrogens (tertiary/aromatic N) is 4. The van der Waals surface area contributed by atoms with E-state index in [4.69, 9.17) is 9.47 Å². The lowest BCUT2D eigenvalue weighted by molar-refractivity contribution is 0.0714. The van der Waals surface area contributed by atoms with Crippen molar-refractivity contribution in [3.8, 4) is 5.75 Å². The number of amides is 1. The average Bonchev–Trinajstić information content (AvgIpc) is 2.72. The molecule has 1 aliphatic rings. The number of aromatic nitrogens is 2. The minimum Gasteiger partial charge on any atom is -0.486 e. The number of sulfone groups is 1. The summed E-state index contributed by atoms with van der Waals surface area (Å²) in [6.45, 7) is 7.65. The van der Waals surface area contributed by atoms with Crippen LogP contribution in [0.25, 0.3) is 0 Å². The molecule has 0 unspecified atom stereocenters. The minimum absolute atomic E-state index is 0.0496. The monoisotopic (exact) mass is 448 g/mol. The Bertz CT molecular complexity index is 993. The number of hydrogen-bond acceptors (Lipinski definition) is 8. The number of anilines is 1. The summed E-state index contributed by atoms with van der Waals surface area (Å²) >= 11 is 0. The van der Waals surface area contributed by atoms with Crippen LogP contribution in [0, 0.1) is 0 Å². The second-order valence-electron chi connectivity index (χ2n) is 7.84. The van der Waals surface area contributed by atoms with Crippen LogP contribution in [0.2, 0.25) is 0 Å². The quantitative estimate of drug-likeness (QED) is 0.664. The largest absolute Gasteiger partial charge is 0.486 e. The predicted molar refractivity (Wildman–Crippen MR) is 116 cm³/mol. The molecule has 9 nitrogen and oxygen atoms in total. The first-order chi connectivity index (χ1) is 14.6. The zero-order valence-electron chi connectivity index (χ0n) is 18.2. The Morgan fingerprint density at radius 3 is 2.35 bits per heavy atom. The summed E-state index contributed by atoms with van der Waals surface area (Å²) in [6.07, 6.45) is 3.96. The van der Waals surface area contributed by atoms with Crippen molar-refractivity contribution in [2.45, 2.75) is 44.4 Å². The highest BCUT2D eigenvalue weighted by Gasteiger charge is 2.29. The molecule has 1 aromatic heterocycles. The van der Waals surface area contributed by atoms with Crippen LogP contribution in [0.5, 0.6) is 5.75 Å². The van der Waals surface area contributed by atoms with Gasteiger partial charge in [0.25, 0.3) is 0 Å². The number of benzene rings is 1. The molecule has 1 fully saturated rings. The maximum absolute atomic E-state index is 12.1. The molecule has 1 atom stereocenters. The Kier molecular flexibility index (Phi) is 6.99. The second kappa shape index (κ2) is 9.51. The Labute approximate surface area is 182 Å². The van der Waals surface area contributed by atoms with E-state index >= 15 is 0 Å². The van der Waals surface area contributed by atoms with Crippen molar-refractivity contribution >= 4 is 21.9 Å². The molecule has 0 bridgehead atoms. The third-order valence-electron chi connectivity index (χ3n) is 4.85. The van der Waals surface area contributed by atoms with Crippen molar-refractivity contribution in [2.75, 3.05) is 30.8 Å². The summed E-state index contributed by atoms with van der Waals surface area (Å²) in [5.74, 6) is 1.09. The second-order valence-corrected chi connectivity index (χ2v) is 9.86. The van der Waals surface area contributed by atoms with Gasteiger partial charge in [0, 0.05) is 31.9 Å². The highest BCUT2D eigenvalue weighted by atomic mass is 32.2. The first-order valence-electron chi connectivity index (χ1n) is 10.1. The summed E-state index contributed by atoms with van der Waals surface area (Å²) in [4.78, 5) is 24.9. The molecule has 0 spiro atoms. The maximum atomic E-state index is 12.1. The fourth-order valence-corrected chi connectivity index (χ4v) is 3.86. The van der Waals surface area contributed by atoms with Crippen LogP contribution in [-0.4, -0.2) is 67.4 Å². The lowest BCUT2D eigenvalue weighted by Crippen LogP contribution is -2.54. The highest BCUT2D eigenvalue weighted by Crippen LogP contribution is 2.19. The molecule has 2 heterocycles. The highest BCUT2D eigenvalue weighted by molar-refractivity contribution is 7.90. The van der Waals surface area contributed by atoms with E-state index in [-0.39, 0.29) is 29.7 Å². The number of piperazine rings is 1. The Morgan fingerprint density at radius 2 is 1.81 bits per heavy atom. The van der Waals surface area contributed by atoms with E-state index in [0.717, 1.165) is 5.56 Å². The van der Waals surface area contributed by atoms with Crippen molar-refractivity contribution in [1.82, 2.24) is 14.9 Å². The third-order valence-corrected chi connectivity index (χ3v) is 5.98. The SMILES string of the molecule is CC(C)OC(=O)N1CCN(c2ncc(OCc3ccc(S(C)(=O)=O)cc3)cn2)[C@H](C)C1. The molecule has 0 aliphatic carbocycles. The van der Waals surface area contributed by atoms with Crippen LogP contribution in [0.15, 0.2) is 41.6 Å². The van der Waals surface area contributed by atoms with Crippen LogP contribution in [0.1, 0.15) is 26.3 Å². The van der Waals surface area contributed by atoms with E-state index in [0.29, 0.717) is 31.3 Å². The van der Waals surface area contributed by atoms with Gasteiger partial charge < -0.3 is 19.3 Å². The molecular formula is C21H28N4O5S. The van der Waals surface area contributed by atoms with Gasteiger partial charge in [-0.15, -0.1) is 0 Å². The van der Waals surface area contributed by atoms with Crippen LogP contribution < -0.4 is 9.64 Å². The van der Waals surface area contributed by atoms with Gasteiger partial charge in [-0.2, -0.15) is 0 Å². The number of hydrogen-bond donors (Lipinski definition) is 0. The molecule has 1 aliphatic heterocycles. The zero-order chi connectivity index (χ0) is 22.6. The van der Waals surface area contributed by atoms with Gasteiger partial charge in [-0.25, -0.2) is 23.2 Å². The summed E-state index contributed by atoms with van der Waals surface area (Å²) in [7, 11) is -3.21. The van der Waals surface area contributed by atoms with E-state index < -0.39 is 9.84 Å². The predicted octanol–water partition coefficient (Wildman–Crippen LogP) is 2.51. The van der Waals surface area contributed by atoms with Crippen molar-refractivity contribution in [3.63, 3.8) is 0 Å². The van der Waals surface area contributed by atoms with E-state index in [1.54, 1.807) is 41.6 Å². The molecule has 168 valence electrons. The lowest BCUT2D eigenvalue weighted by atomic mass is 10.2. The Hall–Kier alpha value is -2.88. The van der Waals surface area contributed by atoms with Crippen LogP contribution in [-0.2, 0) is 21.2 Å². The van der Waals surface area contributed by atoms with Gasteiger partial charge in [-0.3, -0.25) is 0 Å². The van der Waals surface area contributed by atoms with Crippen molar-refractivity contribution < 1.29 is 22.7 Å². The average molecular weight is 449 g/mol. The van der Waals surface area contributed by atoms with Crippen LogP contribution in [0.4, 0.5) is 10.7 Å². The molecule has 1 saturated heterocycles. The van der Waals surface area contributed by atoms with E-state index in [9.17, 15) is 13.2 Å². The van der Waals surface area contributed by atoms with Crippen LogP contribution >= 0.6 is 0 Å². The standard InChI is InChI=1S/C21H28N4O5S/c1-15(2)30-21(26)24-9-10-25(16(3)13-24)20-22-11-18(12-23-20)29-14-17-5-7-19(8-6-17)31(4,27)28/h5-8,11-12,15-16H,9-10,13-14H2,1-4H3/t16-/m1/s1. The van der Waals surface area contributed by atoms with Gasteiger partial charge in [0.1, 0.15) is 6.61 Å². The Balaban J connectivity index is 1.55. The fraction of sp³-hybridized carbons (Fsp3) is 0.476. The minimum atomic E-state index is -3.21. The molecule has 10 heteroatoms. The molecule has 0 saturated carbocycles. The number of ether oxygens (including phenoxy) is 2. The lowest BCUT2D eigenvalue weighted by Gasteiger charge is -2.39. The van der Waals surface area contributed by atoms with E-state index in [1.165, 1.54) is 6.26 Å². The van der Waals surface area contributed by atoms with E-state index in [1.807, 2.05) is 25.7 Å². The fourth-order valence-electron chi connectivity index (χ4n) is 3.23. The smallest absolute Gasteiger partial charge is 0.410 e. The molecule has 0 radical (unpaired) electrons. The van der Waals surface area contributed by atoms with Crippen LogP contribution in [0.3, 0.4) is 0 Å². The zero-order valence-corrected chi connectivity index (χ0v) is 19.0. The van der Waals surface area contributed by atoms with Gasteiger partial charge in [-0.05, 0) is 38.5 Å². The molecule has 3 rings (SSSR count). The van der Waals surface area contributed by atoms with Gasteiger partial charge in [0.15, 0.2) is 15.6 Å². The topological polar surface area (TPSA) is 102 Å². The summed E-state index contributed by atoms with van der Waals surface area (Å²) < 4.78 is 34.0. The van der Waals surface area contributed by atoms with Crippen molar-refractivity contribution in [3.05, 3.63) is 42.2 Å². The summed E-state index contributed by atoms with van der Waals surface area (Å²) in [5.41, 5.74) is 0.842. The molecule has 2 aromatic rings. The normalized spacial score (nSPS) is 17.0. The van der Waals surface area contributed by atoms with Gasteiger partial charge in [-0.1, -0.05) is 12.1 Å². The molecular weight excluding hydrogens is 420 g/mol. The molecule has 0 N–H and O–H groups in total. The number of rotatable bonds is 6. The van der Waals surface area contributed by atoms with Crippen molar-refractivity contribution in [1.29, 1.82) is 0 Å². The summed E-state index contributed by atoms with van der Waals surface area (Å²) in [6, 6.07) is 6.61. The Morgan fingerprint density at radius 1 is 1.16 bits per heavy atom. The number of carbonyl (C=O) groups excluding carboxylic acids is 1.